The van der Waals surface area contributed by atoms with Crippen LogP contribution < -0.4 is 4.74 Å². The van der Waals surface area contributed by atoms with Crippen molar-refractivity contribution in [1.29, 1.82) is 0 Å². The van der Waals surface area contributed by atoms with Gasteiger partial charge < -0.3 is 14.7 Å². The SMILES string of the molecule is COc1cc(C)c(CN2CCN(C3CCN(C)CC3)[C@@H](CCO)C2)cc1C. The molecule has 2 aliphatic heterocycles. The summed E-state index contributed by atoms with van der Waals surface area (Å²) >= 11 is 0. The Morgan fingerprint density at radius 2 is 1.81 bits per heavy atom. The Kier molecular flexibility index (Phi) is 7.15. The highest BCUT2D eigenvalue weighted by Crippen LogP contribution is 2.26. The Bertz CT molecular complexity index is 614. The van der Waals surface area contributed by atoms with Gasteiger partial charge in [0.1, 0.15) is 5.75 Å². The molecule has 0 spiro atoms. The second-order valence-corrected chi connectivity index (χ2v) is 8.42. The van der Waals surface area contributed by atoms with E-state index < -0.39 is 0 Å². The Labute approximate surface area is 164 Å². The summed E-state index contributed by atoms with van der Waals surface area (Å²) in [5, 5.41) is 9.62. The number of hydrogen-bond acceptors (Lipinski definition) is 5. The van der Waals surface area contributed by atoms with Crippen LogP contribution in [0.4, 0.5) is 0 Å². The van der Waals surface area contributed by atoms with Crippen LogP contribution in [0.15, 0.2) is 12.1 Å². The molecule has 2 fully saturated rings. The summed E-state index contributed by atoms with van der Waals surface area (Å²) in [5.41, 5.74) is 3.90. The summed E-state index contributed by atoms with van der Waals surface area (Å²) < 4.78 is 5.46. The zero-order chi connectivity index (χ0) is 19.4. The molecule has 1 aromatic rings. The van der Waals surface area contributed by atoms with Crippen LogP contribution in [0.5, 0.6) is 5.75 Å². The fourth-order valence-corrected chi connectivity index (χ4v) is 4.77. The van der Waals surface area contributed by atoms with Crippen LogP contribution in [0, 0.1) is 13.8 Å². The summed E-state index contributed by atoms with van der Waals surface area (Å²) in [7, 11) is 3.96. The van der Waals surface area contributed by atoms with Gasteiger partial charge in [0.25, 0.3) is 0 Å². The second-order valence-electron chi connectivity index (χ2n) is 8.42. The molecule has 0 unspecified atom stereocenters. The first kappa shape index (κ1) is 20.6. The molecule has 1 aromatic carbocycles. The van der Waals surface area contributed by atoms with E-state index in [1.165, 1.54) is 42.6 Å². The van der Waals surface area contributed by atoms with Gasteiger partial charge in [0, 0.05) is 44.9 Å². The van der Waals surface area contributed by atoms with Gasteiger partial charge in [-0.15, -0.1) is 0 Å². The first-order valence-corrected chi connectivity index (χ1v) is 10.4. The molecule has 0 bridgehead atoms. The van der Waals surface area contributed by atoms with Crippen LogP contribution in [-0.2, 0) is 6.54 Å². The van der Waals surface area contributed by atoms with Gasteiger partial charge in [0.15, 0.2) is 0 Å². The number of benzene rings is 1. The number of piperidine rings is 1. The van der Waals surface area contributed by atoms with E-state index in [2.05, 4.69) is 47.7 Å². The molecule has 3 rings (SSSR count). The maximum absolute atomic E-state index is 9.62. The molecule has 27 heavy (non-hydrogen) atoms. The van der Waals surface area contributed by atoms with Crippen molar-refractivity contribution in [3.8, 4) is 5.75 Å². The van der Waals surface area contributed by atoms with E-state index >= 15 is 0 Å². The van der Waals surface area contributed by atoms with Crippen LogP contribution >= 0.6 is 0 Å². The van der Waals surface area contributed by atoms with Crippen LogP contribution in [0.3, 0.4) is 0 Å². The molecule has 5 heteroatoms. The lowest BCUT2D eigenvalue weighted by atomic mass is 9.97. The lowest BCUT2D eigenvalue weighted by molar-refractivity contribution is 0.00594. The van der Waals surface area contributed by atoms with Crippen molar-refractivity contribution in [3.05, 3.63) is 28.8 Å². The minimum atomic E-state index is 0.280. The molecule has 152 valence electrons. The molecule has 5 nitrogen and oxygen atoms in total. The average Bonchev–Trinajstić information content (AvgIpc) is 2.66. The average molecular weight is 376 g/mol. The smallest absolute Gasteiger partial charge is 0.122 e. The number of likely N-dealkylation sites (tertiary alicyclic amines) is 1. The number of piperazine rings is 1. The number of aliphatic hydroxyl groups is 1. The predicted molar refractivity (Wildman–Crippen MR) is 110 cm³/mol. The standard InChI is InChI=1S/C22H37N3O2/c1-17-14-22(27-4)18(2)13-19(17)15-24-10-11-25(21(16-24)7-12-26)20-5-8-23(3)9-6-20/h13-14,20-21,26H,5-12,15-16H2,1-4H3/t21-/m0/s1. The fourth-order valence-electron chi connectivity index (χ4n) is 4.77. The third-order valence-corrected chi connectivity index (χ3v) is 6.48. The number of ether oxygens (including phenoxy) is 1. The molecule has 2 saturated heterocycles. The van der Waals surface area contributed by atoms with Crippen LogP contribution in [-0.4, -0.2) is 85.4 Å². The van der Waals surface area contributed by atoms with Gasteiger partial charge in [-0.2, -0.15) is 0 Å². The molecule has 0 aliphatic carbocycles. The van der Waals surface area contributed by atoms with E-state index in [9.17, 15) is 5.11 Å². The Hall–Kier alpha value is -1.14. The van der Waals surface area contributed by atoms with E-state index in [1.807, 2.05) is 0 Å². The summed E-state index contributed by atoms with van der Waals surface area (Å²) in [4.78, 5) is 7.70. The van der Waals surface area contributed by atoms with Gasteiger partial charge in [-0.05, 0) is 76.0 Å². The van der Waals surface area contributed by atoms with Gasteiger partial charge in [-0.25, -0.2) is 0 Å². The first-order valence-electron chi connectivity index (χ1n) is 10.4. The van der Waals surface area contributed by atoms with Crippen LogP contribution in [0.1, 0.15) is 36.0 Å². The number of aryl methyl sites for hydroxylation is 2. The molecule has 2 heterocycles. The maximum atomic E-state index is 9.62. The number of rotatable bonds is 6. The Morgan fingerprint density at radius 3 is 2.48 bits per heavy atom. The van der Waals surface area contributed by atoms with Crippen molar-refractivity contribution in [2.24, 2.45) is 0 Å². The van der Waals surface area contributed by atoms with Crippen LogP contribution in [0.25, 0.3) is 0 Å². The van der Waals surface area contributed by atoms with E-state index in [1.54, 1.807) is 7.11 Å². The molecule has 0 radical (unpaired) electrons. The summed E-state index contributed by atoms with van der Waals surface area (Å²) in [5.74, 6) is 0.974. The summed E-state index contributed by atoms with van der Waals surface area (Å²) in [6, 6.07) is 5.59. The quantitative estimate of drug-likeness (QED) is 0.826. The molecular weight excluding hydrogens is 338 g/mol. The monoisotopic (exact) mass is 375 g/mol. The minimum absolute atomic E-state index is 0.280. The topological polar surface area (TPSA) is 39.2 Å². The molecule has 0 saturated carbocycles. The van der Waals surface area contributed by atoms with E-state index in [4.69, 9.17) is 4.74 Å². The molecule has 2 aliphatic rings. The Balaban J connectivity index is 1.65. The molecule has 0 aromatic heterocycles. The van der Waals surface area contributed by atoms with Crippen LogP contribution in [0.2, 0.25) is 0 Å². The van der Waals surface area contributed by atoms with Crippen molar-refractivity contribution in [3.63, 3.8) is 0 Å². The van der Waals surface area contributed by atoms with E-state index in [-0.39, 0.29) is 6.61 Å². The molecule has 1 atom stereocenters. The fraction of sp³-hybridized carbons (Fsp3) is 0.727. The third-order valence-electron chi connectivity index (χ3n) is 6.48. The van der Waals surface area contributed by atoms with Crippen molar-refractivity contribution in [2.45, 2.75) is 51.7 Å². The van der Waals surface area contributed by atoms with Gasteiger partial charge >= 0.3 is 0 Å². The molecule has 1 N–H and O–H groups in total. The van der Waals surface area contributed by atoms with Gasteiger partial charge in [-0.1, -0.05) is 6.07 Å². The summed E-state index contributed by atoms with van der Waals surface area (Å²) in [6.07, 6.45) is 3.40. The van der Waals surface area contributed by atoms with E-state index in [0.29, 0.717) is 12.1 Å². The van der Waals surface area contributed by atoms with Gasteiger partial charge in [-0.3, -0.25) is 9.80 Å². The largest absolute Gasteiger partial charge is 0.496 e. The maximum Gasteiger partial charge on any atom is 0.122 e. The number of methoxy groups -OCH3 is 1. The highest BCUT2D eigenvalue weighted by atomic mass is 16.5. The number of nitrogens with zero attached hydrogens (tertiary/aromatic N) is 3. The first-order chi connectivity index (χ1) is 13.0. The number of hydrogen-bond donors (Lipinski definition) is 1. The van der Waals surface area contributed by atoms with Gasteiger partial charge in [0.05, 0.1) is 7.11 Å². The highest BCUT2D eigenvalue weighted by Gasteiger charge is 2.33. The minimum Gasteiger partial charge on any atom is -0.496 e. The molecule has 0 amide bonds. The van der Waals surface area contributed by atoms with Crippen molar-refractivity contribution >= 4 is 0 Å². The highest BCUT2D eigenvalue weighted by molar-refractivity contribution is 5.41. The van der Waals surface area contributed by atoms with Crippen molar-refractivity contribution < 1.29 is 9.84 Å². The lowest BCUT2D eigenvalue weighted by Crippen LogP contribution is -2.58. The van der Waals surface area contributed by atoms with Gasteiger partial charge in [0.2, 0.25) is 0 Å². The normalized spacial score (nSPS) is 23.7. The second kappa shape index (κ2) is 9.37. The third kappa shape index (κ3) is 5.02. The zero-order valence-electron chi connectivity index (χ0n) is 17.6. The number of aliphatic hydroxyl groups excluding tert-OH is 1. The lowest BCUT2D eigenvalue weighted by Gasteiger charge is -2.47. The summed E-state index contributed by atoms with van der Waals surface area (Å²) in [6.45, 7) is 11.2. The van der Waals surface area contributed by atoms with Crippen molar-refractivity contribution in [1.82, 2.24) is 14.7 Å². The Morgan fingerprint density at radius 1 is 1.07 bits per heavy atom. The predicted octanol–water partition coefficient (Wildman–Crippen LogP) is 2.27. The zero-order valence-corrected chi connectivity index (χ0v) is 17.6. The van der Waals surface area contributed by atoms with Crippen molar-refractivity contribution in [2.75, 3.05) is 53.5 Å². The molecular formula is C22H37N3O2. The van der Waals surface area contributed by atoms with E-state index in [0.717, 1.165) is 38.3 Å².